The molecule has 5 aliphatic rings. The molecule has 1 unspecified atom stereocenters. The number of benzene rings is 2. The van der Waals surface area contributed by atoms with Crippen LogP contribution >= 0.6 is 0 Å². The molecule has 4 aliphatic heterocycles. The normalized spacial score (nSPS) is 19.6. The summed E-state index contributed by atoms with van der Waals surface area (Å²) in [4.78, 5) is 93.9. The van der Waals surface area contributed by atoms with Crippen LogP contribution in [0.25, 0.3) is 0 Å². The maximum absolute atomic E-state index is 15.2. The number of alkyl halides is 2. The van der Waals surface area contributed by atoms with Gasteiger partial charge in [0.05, 0.1) is 87.6 Å². The lowest BCUT2D eigenvalue weighted by Gasteiger charge is -2.35. The van der Waals surface area contributed by atoms with Gasteiger partial charge >= 0.3 is 5.92 Å². The van der Waals surface area contributed by atoms with E-state index in [1.807, 2.05) is 7.05 Å². The van der Waals surface area contributed by atoms with Crippen molar-refractivity contribution in [1.82, 2.24) is 30.4 Å². The number of nitrogens with zero attached hydrogens (tertiary/aromatic N) is 7. The van der Waals surface area contributed by atoms with Crippen molar-refractivity contribution < 1.29 is 56.5 Å². The van der Waals surface area contributed by atoms with Crippen LogP contribution in [0.1, 0.15) is 69.6 Å². The van der Waals surface area contributed by atoms with Crippen LogP contribution in [0.3, 0.4) is 0 Å². The summed E-state index contributed by atoms with van der Waals surface area (Å²) < 4.78 is 53.2. The number of carbonyl (C=O) groups is 6. The maximum atomic E-state index is 15.2. The molecule has 23 heteroatoms. The van der Waals surface area contributed by atoms with Gasteiger partial charge in [0.1, 0.15) is 17.5 Å². The molecule has 1 aliphatic carbocycles. The van der Waals surface area contributed by atoms with E-state index in [1.165, 1.54) is 26.4 Å². The number of piperazine rings is 1. The molecule has 21 nitrogen and oxygen atoms in total. The molecular formula is C47H59F2N11O10. The number of nitrogens with one attached hydrogen (secondary N) is 4. The summed E-state index contributed by atoms with van der Waals surface area (Å²) in [7, 11) is 4.82. The molecule has 2 aromatic carbocycles. The Labute approximate surface area is 403 Å². The number of hydrogen-bond acceptors (Lipinski definition) is 17. The van der Waals surface area contributed by atoms with Gasteiger partial charge in [-0.3, -0.25) is 39.0 Å². The Morgan fingerprint density at radius 2 is 1.56 bits per heavy atom. The lowest BCUT2D eigenvalue weighted by Crippen LogP contribution is -2.54. The molecule has 2 saturated heterocycles. The molecule has 0 radical (unpaired) electrons. The largest absolute Gasteiger partial charge is 0.495 e. The van der Waals surface area contributed by atoms with Gasteiger partial charge in [0.2, 0.25) is 17.8 Å². The van der Waals surface area contributed by atoms with Crippen LogP contribution in [0.2, 0.25) is 0 Å². The van der Waals surface area contributed by atoms with Crippen molar-refractivity contribution in [3.8, 4) is 5.75 Å². The van der Waals surface area contributed by atoms with E-state index < -0.39 is 48.0 Å². The molecule has 5 heterocycles. The molecule has 376 valence electrons. The van der Waals surface area contributed by atoms with E-state index in [1.54, 1.807) is 29.2 Å². The lowest BCUT2D eigenvalue weighted by molar-refractivity contribution is -0.140. The van der Waals surface area contributed by atoms with Gasteiger partial charge < -0.3 is 54.5 Å². The van der Waals surface area contributed by atoms with Crippen molar-refractivity contribution in [2.24, 2.45) is 0 Å². The Hall–Kier alpha value is -6.56. The van der Waals surface area contributed by atoms with Crippen LogP contribution in [0.4, 0.5) is 43.3 Å². The van der Waals surface area contributed by atoms with E-state index in [4.69, 9.17) is 23.9 Å². The SMILES string of the molecule is COc1cc(C(=O)NCCOCCOCCOCCNc2cccc3c2C(=O)N(C2CCC(=O)NC2=O)C3=O)c(N2CCN(C)CC2)cc1Nc1ncc2c(n1)N(C1CCCC1)CC(F)(F)C(=O)N2C. The third-order valence-electron chi connectivity index (χ3n) is 13.1. The van der Waals surface area contributed by atoms with Gasteiger partial charge in [0, 0.05) is 64.5 Å². The number of likely N-dealkylation sites (N-methyl/N-ethyl adjacent to an activating group) is 1. The van der Waals surface area contributed by atoms with Crippen LogP contribution in [0, 0.1) is 0 Å². The second kappa shape index (κ2) is 22.0. The number of halogens is 2. The summed E-state index contributed by atoms with van der Waals surface area (Å²) in [5.41, 5.74) is 2.50. The Morgan fingerprint density at radius 3 is 2.26 bits per heavy atom. The number of rotatable bonds is 20. The van der Waals surface area contributed by atoms with E-state index >= 15 is 8.78 Å². The summed E-state index contributed by atoms with van der Waals surface area (Å²) in [6.45, 7) is 4.28. The number of carbonyl (C=O) groups excluding carboxylic acids is 6. The first-order valence-corrected chi connectivity index (χ1v) is 23.6. The van der Waals surface area contributed by atoms with Gasteiger partial charge in [-0.15, -0.1) is 0 Å². The van der Waals surface area contributed by atoms with Gasteiger partial charge in [0.15, 0.2) is 5.82 Å². The zero-order valence-electron chi connectivity index (χ0n) is 39.5. The van der Waals surface area contributed by atoms with Crippen LogP contribution in [-0.2, 0) is 28.6 Å². The molecule has 1 atom stereocenters. The predicted molar refractivity (Wildman–Crippen MR) is 252 cm³/mol. The molecule has 4 N–H and O–H groups in total. The number of methoxy groups -OCH3 is 1. The van der Waals surface area contributed by atoms with Crippen molar-refractivity contribution >= 4 is 70.0 Å². The van der Waals surface area contributed by atoms with Crippen molar-refractivity contribution in [2.75, 3.05) is 132 Å². The second-order valence-electron chi connectivity index (χ2n) is 17.7. The van der Waals surface area contributed by atoms with Crippen LogP contribution in [0.5, 0.6) is 5.75 Å². The number of ether oxygens (including phenoxy) is 4. The average Bonchev–Trinajstić information content (AvgIpc) is 3.96. The summed E-state index contributed by atoms with van der Waals surface area (Å²) in [5, 5.41) is 11.5. The van der Waals surface area contributed by atoms with Gasteiger partial charge in [-0.25, -0.2) is 4.98 Å². The van der Waals surface area contributed by atoms with E-state index in [2.05, 4.69) is 36.1 Å². The highest BCUT2D eigenvalue weighted by atomic mass is 19.3. The van der Waals surface area contributed by atoms with Gasteiger partial charge in [-0.1, -0.05) is 18.9 Å². The number of fused-ring (bicyclic) bond motifs is 2. The van der Waals surface area contributed by atoms with E-state index in [9.17, 15) is 28.8 Å². The third kappa shape index (κ3) is 10.9. The second-order valence-corrected chi connectivity index (χ2v) is 17.7. The molecular weight excluding hydrogens is 917 g/mol. The number of piperidine rings is 1. The first-order valence-electron chi connectivity index (χ1n) is 23.6. The Balaban J connectivity index is 0.794. The molecule has 8 rings (SSSR count). The predicted octanol–water partition coefficient (Wildman–Crippen LogP) is 2.63. The Bertz CT molecular complexity index is 2470. The maximum Gasteiger partial charge on any atom is 0.342 e. The Kier molecular flexibility index (Phi) is 15.7. The highest BCUT2D eigenvalue weighted by molar-refractivity contribution is 6.25. The molecule has 6 amide bonds. The number of imide groups is 2. The van der Waals surface area contributed by atoms with Gasteiger partial charge in [-0.05, 0) is 50.6 Å². The van der Waals surface area contributed by atoms with Crippen LogP contribution in [-0.4, -0.2) is 180 Å². The molecule has 1 aromatic heterocycles. The van der Waals surface area contributed by atoms with E-state index in [0.29, 0.717) is 80.7 Å². The summed E-state index contributed by atoms with van der Waals surface area (Å²) in [5.74, 6) is -6.85. The highest BCUT2D eigenvalue weighted by Crippen LogP contribution is 2.41. The standard InChI is InChI=1S/C47H59F2N11O10/c1-56-15-17-58(18-16-56)35-26-33(53-46-52-27-36-40(55-46)59(29-7-4-5-8-29)28-47(48,49)45(66)57(36)2)37(67-3)25-31(35)41(62)51-14-20-69-22-24-70-23-21-68-19-13-50-32-10-6-9-30-39(32)44(65)60(43(30)64)34-11-12-38(61)54-42(34)63/h6,9-10,25-27,29,34,50H,4-5,7-8,11-24,28H2,1-3H3,(H,51,62)(H,52,53,55)(H,54,61,63). The monoisotopic (exact) mass is 975 g/mol. The average molecular weight is 976 g/mol. The minimum atomic E-state index is -3.61. The molecule has 1 saturated carbocycles. The van der Waals surface area contributed by atoms with Gasteiger partial charge in [0.25, 0.3) is 23.6 Å². The summed E-state index contributed by atoms with van der Waals surface area (Å²) in [6.07, 6.45) is 4.70. The van der Waals surface area contributed by atoms with Crippen molar-refractivity contribution in [3.63, 3.8) is 0 Å². The van der Waals surface area contributed by atoms with Crippen molar-refractivity contribution in [1.29, 1.82) is 0 Å². The molecule has 0 bridgehead atoms. The fraction of sp³-hybridized carbons (Fsp3) is 0.532. The highest BCUT2D eigenvalue weighted by Gasteiger charge is 2.49. The van der Waals surface area contributed by atoms with Crippen LogP contribution in [0.15, 0.2) is 36.5 Å². The zero-order valence-corrected chi connectivity index (χ0v) is 39.5. The quantitative estimate of drug-likeness (QED) is 0.0943. The topological polar surface area (TPSA) is 229 Å². The first kappa shape index (κ1) is 49.8. The first-order chi connectivity index (χ1) is 33.7. The fourth-order valence-electron chi connectivity index (χ4n) is 9.34. The van der Waals surface area contributed by atoms with E-state index in [-0.39, 0.29) is 79.7 Å². The number of hydrogen-bond donors (Lipinski definition) is 4. The number of aromatic nitrogens is 2. The number of amides is 6. The molecule has 3 aromatic rings. The third-order valence-corrected chi connectivity index (χ3v) is 13.1. The van der Waals surface area contributed by atoms with Crippen LogP contribution < -0.4 is 40.7 Å². The number of anilines is 6. The minimum Gasteiger partial charge on any atom is -0.495 e. The summed E-state index contributed by atoms with van der Waals surface area (Å²) >= 11 is 0. The molecule has 0 spiro atoms. The van der Waals surface area contributed by atoms with Crippen molar-refractivity contribution in [3.05, 3.63) is 53.2 Å². The minimum absolute atomic E-state index is 0.0381. The fourth-order valence-corrected chi connectivity index (χ4v) is 9.34. The van der Waals surface area contributed by atoms with Gasteiger partial charge in [-0.2, -0.15) is 13.8 Å². The summed E-state index contributed by atoms with van der Waals surface area (Å²) in [6, 6.07) is 7.06. The Morgan fingerprint density at radius 1 is 0.857 bits per heavy atom. The van der Waals surface area contributed by atoms with Crippen molar-refractivity contribution in [2.45, 2.75) is 56.5 Å². The van der Waals surface area contributed by atoms with E-state index in [0.717, 1.165) is 35.7 Å². The zero-order chi connectivity index (χ0) is 49.5. The smallest absolute Gasteiger partial charge is 0.342 e. The molecule has 70 heavy (non-hydrogen) atoms. The lowest BCUT2D eigenvalue weighted by atomic mass is 10.0. The molecule has 3 fully saturated rings.